The van der Waals surface area contributed by atoms with E-state index in [1.807, 2.05) is 24.3 Å². The van der Waals surface area contributed by atoms with E-state index in [1.165, 1.54) is 6.42 Å². The summed E-state index contributed by atoms with van der Waals surface area (Å²) in [5.41, 5.74) is 0.840. The Balaban J connectivity index is 0.00000144. The number of carbonyl (C=O) groups excluding carboxylic acids is 1. The van der Waals surface area contributed by atoms with Crippen molar-refractivity contribution in [3.05, 3.63) is 28.7 Å². The van der Waals surface area contributed by atoms with Crippen molar-refractivity contribution >= 4 is 39.9 Å². The van der Waals surface area contributed by atoms with Crippen molar-refractivity contribution in [1.82, 2.24) is 5.32 Å². The molecule has 1 fully saturated rings. The van der Waals surface area contributed by atoms with Gasteiger partial charge >= 0.3 is 0 Å². The third-order valence-electron chi connectivity index (χ3n) is 2.72. The molecule has 1 saturated heterocycles. The second-order valence-corrected chi connectivity index (χ2v) is 4.92. The molecule has 0 aromatic heterocycles. The zero-order valence-corrected chi connectivity index (χ0v) is 11.8. The van der Waals surface area contributed by atoms with Crippen molar-refractivity contribution in [2.45, 2.75) is 25.3 Å². The molecule has 1 aliphatic heterocycles. The molecule has 1 aromatic rings. The van der Waals surface area contributed by atoms with Crippen molar-refractivity contribution in [2.75, 3.05) is 11.9 Å². The van der Waals surface area contributed by atoms with Gasteiger partial charge in [0.05, 0.1) is 6.04 Å². The number of hydrogen-bond donors (Lipinski definition) is 2. The fraction of sp³-hybridized carbons (Fsp3) is 0.417. The molecule has 1 aliphatic rings. The number of anilines is 1. The van der Waals surface area contributed by atoms with Crippen molar-refractivity contribution in [2.24, 2.45) is 0 Å². The van der Waals surface area contributed by atoms with Crippen LogP contribution in [0.1, 0.15) is 19.3 Å². The van der Waals surface area contributed by atoms with Gasteiger partial charge in [0.1, 0.15) is 0 Å². The number of hydrogen-bond acceptors (Lipinski definition) is 2. The summed E-state index contributed by atoms with van der Waals surface area (Å²) in [6.07, 6.45) is 3.23. The minimum atomic E-state index is -0.0345. The Morgan fingerprint density at radius 1 is 1.41 bits per heavy atom. The van der Waals surface area contributed by atoms with Gasteiger partial charge in [-0.15, -0.1) is 12.4 Å². The minimum Gasteiger partial charge on any atom is -0.325 e. The molecule has 1 amide bonds. The quantitative estimate of drug-likeness (QED) is 0.880. The summed E-state index contributed by atoms with van der Waals surface area (Å²) >= 11 is 3.38. The van der Waals surface area contributed by atoms with E-state index in [2.05, 4.69) is 26.6 Å². The summed E-state index contributed by atoms with van der Waals surface area (Å²) in [6, 6.07) is 7.61. The maximum absolute atomic E-state index is 11.9. The van der Waals surface area contributed by atoms with E-state index in [4.69, 9.17) is 0 Å². The van der Waals surface area contributed by atoms with E-state index < -0.39 is 0 Å². The van der Waals surface area contributed by atoms with Crippen LogP contribution < -0.4 is 10.6 Å². The highest BCUT2D eigenvalue weighted by molar-refractivity contribution is 9.10. The number of benzene rings is 1. The van der Waals surface area contributed by atoms with Gasteiger partial charge in [0.25, 0.3) is 0 Å². The molecule has 2 N–H and O–H groups in total. The van der Waals surface area contributed by atoms with E-state index in [0.717, 1.165) is 29.5 Å². The number of nitrogens with one attached hydrogen (secondary N) is 2. The average molecular weight is 320 g/mol. The Bertz CT molecular complexity index is 381. The standard InChI is InChI=1S/C12H15BrN2O.ClH/c13-9-4-3-5-10(8-9)15-12(16)11-6-1-2-7-14-11;/h3-5,8,11,14H,1-2,6-7H2,(H,15,16);1H/t11-;/m1./s1. The first-order valence-corrected chi connectivity index (χ1v) is 6.35. The van der Waals surface area contributed by atoms with Gasteiger partial charge in [-0.25, -0.2) is 0 Å². The molecule has 94 valence electrons. The van der Waals surface area contributed by atoms with Crippen LogP contribution in [0.25, 0.3) is 0 Å². The van der Waals surface area contributed by atoms with Gasteiger partial charge in [0.2, 0.25) is 5.91 Å². The molecular formula is C12H16BrClN2O. The lowest BCUT2D eigenvalue weighted by molar-refractivity contribution is -0.118. The summed E-state index contributed by atoms with van der Waals surface area (Å²) in [4.78, 5) is 11.9. The molecule has 0 unspecified atom stereocenters. The molecule has 2 rings (SSSR count). The maximum Gasteiger partial charge on any atom is 0.241 e. The zero-order chi connectivity index (χ0) is 11.4. The van der Waals surface area contributed by atoms with Crippen molar-refractivity contribution in [1.29, 1.82) is 0 Å². The van der Waals surface area contributed by atoms with Crippen LogP contribution in [-0.4, -0.2) is 18.5 Å². The van der Waals surface area contributed by atoms with Gasteiger partial charge in [-0.2, -0.15) is 0 Å². The average Bonchev–Trinajstić information content (AvgIpc) is 2.30. The summed E-state index contributed by atoms with van der Waals surface area (Å²) in [6.45, 7) is 0.941. The minimum absolute atomic E-state index is 0. The van der Waals surface area contributed by atoms with E-state index in [9.17, 15) is 4.79 Å². The fourth-order valence-electron chi connectivity index (χ4n) is 1.87. The van der Waals surface area contributed by atoms with E-state index in [0.29, 0.717) is 0 Å². The molecule has 5 heteroatoms. The summed E-state index contributed by atoms with van der Waals surface area (Å²) < 4.78 is 0.974. The fourth-order valence-corrected chi connectivity index (χ4v) is 2.27. The monoisotopic (exact) mass is 318 g/mol. The summed E-state index contributed by atoms with van der Waals surface area (Å²) in [5, 5.41) is 6.15. The highest BCUT2D eigenvalue weighted by Gasteiger charge is 2.20. The largest absolute Gasteiger partial charge is 0.325 e. The van der Waals surface area contributed by atoms with Gasteiger partial charge in [0.15, 0.2) is 0 Å². The molecule has 0 saturated carbocycles. The van der Waals surface area contributed by atoms with Crippen LogP contribution >= 0.6 is 28.3 Å². The van der Waals surface area contributed by atoms with Crippen molar-refractivity contribution < 1.29 is 4.79 Å². The second-order valence-electron chi connectivity index (χ2n) is 4.00. The van der Waals surface area contributed by atoms with Gasteiger partial charge < -0.3 is 10.6 Å². The van der Waals surface area contributed by atoms with E-state index in [1.54, 1.807) is 0 Å². The van der Waals surface area contributed by atoms with Gasteiger partial charge in [-0.1, -0.05) is 28.4 Å². The van der Waals surface area contributed by atoms with Crippen LogP contribution in [0.3, 0.4) is 0 Å². The molecule has 0 aliphatic carbocycles. The summed E-state index contributed by atoms with van der Waals surface area (Å²) in [7, 11) is 0. The first kappa shape index (κ1) is 14.5. The Labute approximate surface area is 116 Å². The molecule has 0 radical (unpaired) electrons. The van der Waals surface area contributed by atoms with Gasteiger partial charge in [-0.3, -0.25) is 4.79 Å². The van der Waals surface area contributed by atoms with Gasteiger partial charge in [-0.05, 0) is 37.6 Å². The van der Waals surface area contributed by atoms with Crippen LogP contribution in [0.15, 0.2) is 28.7 Å². The number of rotatable bonds is 2. The number of amides is 1. The lowest BCUT2D eigenvalue weighted by Gasteiger charge is -2.22. The Kier molecular flexibility index (Phi) is 5.95. The zero-order valence-electron chi connectivity index (χ0n) is 9.41. The highest BCUT2D eigenvalue weighted by atomic mass is 79.9. The SMILES string of the molecule is Cl.O=C(Nc1cccc(Br)c1)[C@H]1CCCCN1. The Morgan fingerprint density at radius 2 is 2.24 bits per heavy atom. The normalized spacial score (nSPS) is 19.2. The van der Waals surface area contributed by atoms with Crippen LogP contribution in [0.5, 0.6) is 0 Å². The molecule has 1 aromatic carbocycles. The molecule has 1 heterocycles. The molecular weight excluding hydrogens is 304 g/mol. The molecule has 3 nitrogen and oxygen atoms in total. The van der Waals surface area contributed by atoms with Crippen LogP contribution in [0.2, 0.25) is 0 Å². The summed E-state index contributed by atoms with van der Waals surface area (Å²) in [5.74, 6) is 0.0674. The van der Waals surface area contributed by atoms with Gasteiger partial charge in [0, 0.05) is 10.2 Å². The molecule has 17 heavy (non-hydrogen) atoms. The maximum atomic E-state index is 11.9. The van der Waals surface area contributed by atoms with Crippen LogP contribution in [-0.2, 0) is 4.79 Å². The number of piperidine rings is 1. The third kappa shape index (κ3) is 4.30. The molecule has 0 spiro atoms. The first-order valence-electron chi connectivity index (χ1n) is 5.55. The number of halogens is 2. The van der Waals surface area contributed by atoms with Crippen LogP contribution in [0.4, 0.5) is 5.69 Å². The van der Waals surface area contributed by atoms with Crippen molar-refractivity contribution in [3.8, 4) is 0 Å². The Morgan fingerprint density at radius 3 is 2.88 bits per heavy atom. The lowest BCUT2D eigenvalue weighted by Crippen LogP contribution is -2.43. The first-order chi connectivity index (χ1) is 7.75. The van der Waals surface area contributed by atoms with Crippen LogP contribution in [0, 0.1) is 0 Å². The topological polar surface area (TPSA) is 41.1 Å². The predicted molar refractivity (Wildman–Crippen MR) is 75.7 cm³/mol. The van der Waals surface area contributed by atoms with E-state index >= 15 is 0 Å². The lowest BCUT2D eigenvalue weighted by atomic mass is 10.0. The third-order valence-corrected chi connectivity index (χ3v) is 3.21. The van der Waals surface area contributed by atoms with E-state index in [-0.39, 0.29) is 24.4 Å². The van der Waals surface area contributed by atoms with Crippen molar-refractivity contribution in [3.63, 3.8) is 0 Å². The number of carbonyl (C=O) groups is 1. The molecule has 1 atom stereocenters. The predicted octanol–water partition coefficient (Wildman–Crippen LogP) is 2.95. The highest BCUT2D eigenvalue weighted by Crippen LogP contribution is 2.16. The smallest absolute Gasteiger partial charge is 0.241 e. The second kappa shape index (κ2) is 6.99. The molecule has 0 bridgehead atoms. The Hall–Kier alpha value is -0.580.